The van der Waals surface area contributed by atoms with Gasteiger partial charge in [0.25, 0.3) is 0 Å². The molecule has 0 bridgehead atoms. The van der Waals surface area contributed by atoms with Crippen LogP contribution < -0.4 is 14.4 Å². The number of hydrogen-bond acceptors (Lipinski definition) is 5. The molecule has 0 aliphatic rings. The first-order chi connectivity index (χ1) is 20.4. The van der Waals surface area contributed by atoms with E-state index in [0.717, 1.165) is 11.8 Å². The highest BCUT2D eigenvalue weighted by Gasteiger charge is 2.31. The lowest BCUT2D eigenvalue weighted by Gasteiger charge is -2.32. The summed E-state index contributed by atoms with van der Waals surface area (Å²) in [5, 5.41) is 3.18. The van der Waals surface area contributed by atoms with Crippen LogP contribution in [0.2, 0.25) is 5.02 Å². The number of amides is 2. The fraction of sp³-hybridized carbons (Fsp3) is 0.375. The third kappa shape index (κ3) is 9.96. The van der Waals surface area contributed by atoms with Crippen LogP contribution in [0.1, 0.15) is 37.8 Å². The maximum Gasteiger partial charge on any atom is 0.243 e. The Balaban J connectivity index is 1.89. The maximum atomic E-state index is 14.8. The standard InChI is InChI=1S/C32H39ClFN3O5S/c1-23(2)21-35-32(39)29(19-24-11-6-5-7-12-24)36(22-25-13-8-9-14-28(25)34)31(38)15-10-18-37(43(4,40)41)26-16-17-30(42-3)27(33)20-26/h5-9,11-14,16-17,20,23,29H,10,15,18-19,21-22H2,1-4H3,(H,35,39)/t29-/m0/s1. The Bertz CT molecular complexity index is 1490. The third-order valence-electron chi connectivity index (χ3n) is 6.83. The van der Waals surface area contributed by atoms with Crippen molar-refractivity contribution in [2.24, 2.45) is 5.92 Å². The van der Waals surface area contributed by atoms with E-state index in [-0.39, 0.29) is 54.8 Å². The molecule has 0 heterocycles. The Morgan fingerprint density at radius 3 is 2.30 bits per heavy atom. The summed E-state index contributed by atoms with van der Waals surface area (Å²) in [6.45, 7) is 4.22. The Kier molecular flexibility index (Phi) is 12.4. The fourth-order valence-electron chi connectivity index (χ4n) is 4.60. The zero-order chi connectivity index (χ0) is 31.6. The zero-order valence-electron chi connectivity index (χ0n) is 24.9. The minimum atomic E-state index is -3.72. The number of halogens is 2. The first-order valence-corrected chi connectivity index (χ1v) is 16.3. The van der Waals surface area contributed by atoms with E-state index in [4.69, 9.17) is 16.3 Å². The summed E-state index contributed by atoms with van der Waals surface area (Å²) in [6.07, 6.45) is 1.37. The average Bonchev–Trinajstić information content (AvgIpc) is 2.96. The summed E-state index contributed by atoms with van der Waals surface area (Å²) in [4.78, 5) is 28.8. The molecule has 0 saturated carbocycles. The minimum absolute atomic E-state index is 0.0103. The molecule has 232 valence electrons. The van der Waals surface area contributed by atoms with Gasteiger partial charge in [0.15, 0.2) is 0 Å². The summed E-state index contributed by atoms with van der Waals surface area (Å²) in [5.41, 5.74) is 1.45. The molecule has 3 rings (SSSR count). The number of benzene rings is 3. The van der Waals surface area contributed by atoms with Crippen molar-refractivity contribution in [2.75, 3.05) is 30.8 Å². The smallest absolute Gasteiger partial charge is 0.243 e. The molecule has 1 N–H and O–H groups in total. The molecular weight excluding hydrogens is 593 g/mol. The van der Waals surface area contributed by atoms with Gasteiger partial charge in [0.1, 0.15) is 17.6 Å². The number of ether oxygens (including phenoxy) is 1. The SMILES string of the molecule is COc1ccc(N(CCCC(=O)N(Cc2ccccc2F)[C@@H](Cc2ccccc2)C(=O)NCC(C)C)S(C)(=O)=O)cc1Cl. The molecule has 43 heavy (non-hydrogen) atoms. The molecule has 0 aliphatic heterocycles. The quantitative estimate of drug-likeness (QED) is 0.241. The Morgan fingerprint density at radius 1 is 1.02 bits per heavy atom. The van der Waals surface area contributed by atoms with Crippen LogP contribution in [0.5, 0.6) is 5.75 Å². The highest BCUT2D eigenvalue weighted by molar-refractivity contribution is 7.92. The van der Waals surface area contributed by atoms with E-state index in [1.165, 1.54) is 28.4 Å². The van der Waals surface area contributed by atoms with E-state index in [1.54, 1.807) is 30.3 Å². The molecule has 0 fully saturated rings. The average molecular weight is 632 g/mol. The summed E-state index contributed by atoms with van der Waals surface area (Å²) in [7, 11) is -2.26. The van der Waals surface area contributed by atoms with Crippen LogP contribution >= 0.6 is 11.6 Å². The molecule has 0 saturated heterocycles. The topological polar surface area (TPSA) is 96.0 Å². The number of carbonyl (C=O) groups excluding carboxylic acids is 2. The predicted octanol–water partition coefficient (Wildman–Crippen LogP) is 5.45. The number of nitrogens with one attached hydrogen (secondary N) is 1. The molecule has 0 spiro atoms. The van der Waals surface area contributed by atoms with Crippen LogP contribution in [-0.4, -0.2) is 57.6 Å². The Hall–Kier alpha value is -3.63. The van der Waals surface area contributed by atoms with Crippen molar-refractivity contribution in [3.8, 4) is 5.75 Å². The van der Waals surface area contributed by atoms with E-state index < -0.39 is 27.8 Å². The summed E-state index contributed by atoms with van der Waals surface area (Å²) in [5.74, 6) is -0.637. The van der Waals surface area contributed by atoms with Gasteiger partial charge in [-0.1, -0.05) is 74.0 Å². The van der Waals surface area contributed by atoms with Crippen LogP contribution in [-0.2, 0) is 32.6 Å². The first-order valence-electron chi connectivity index (χ1n) is 14.1. The van der Waals surface area contributed by atoms with Crippen LogP contribution in [0, 0.1) is 11.7 Å². The van der Waals surface area contributed by atoms with Gasteiger partial charge in [0, 0.05) is 38.0 Å². The Labute approximate surface area is 258 Å². The fourth-order valence-corrected chi connectivity index (χ4v) is 5.81. The van der Waals surface area contributed by atoms with Gasteiger partial charge in [-0.2, -0.15) is 0 Å². The largest absolute Gasteiger partial charge is 0.495 e. The highest BCUT2D eigenvalue weighted by Crippen LogP contribution is 2.30. The van der Waals surface area contributed by atoms with E-state index in [1.807, 2.05) is 44.2 Å². The van der Waals surface area contributed by atoms with Crippen molar-refractivity contribution in [1.82, 2.24) is 10.2 Å². The second-order valence-corrected chi connectivity index (χ2v) is 13.0. The van der Waals surface area contributed by atoms with Crippen LogP contribution in [0.15, 0.2) is 72.8 Å². The molecule has 8 nitrogen and oxygen atoms in total. The van der Waals surface area contributed by atoms with Crippen LogP contribution in [0.25, 0.3) is 0 Å². The van der Waals surface area contributed by atoms with E-state index >= 15 is 0 Å². The molecule has 3 aromatic carbocycles. The number of carbonyl (C=O) groups is 2. The van der Waals surface area contributed by atoms with Crippen molar-refractivity contribution in [1.29, 1.82) is 0 Å². The molecule has 0 radical (unpaired) electrons. The normalized spacial score (nSPS) is 12.1. The zero-order valence-corrected chi connectivity index (χ0v) is 26.5. The van der Waals surface area contributed by atoms with Gasteiger partial charge in [0.05, 0.1) is 24.1 Å². The molecule has 2 amide bonds. The van der Waals surface area contributed by atoms with Crippen molar-refractivity contribution in [3.05, 3.63) is 94.8 Å². The minimum Gasteiger partial charge on any atom is -0.495 e. The third-order valence-corrected chi connectivity index (χ3v) is 8.32. The number of methoxy groups -OCH3 is 1. The van der Waals surface area contributed by atoms with Gasteiger partial charge >= 0.3 is 0 Å². The van der Waals surface area contributed by atoms with Gasteiger partial charge in [-0.15, -0.1) is 0 Å². The molecule has 0 aliphatic carbocycles. The van der Waals surface area contributed by atoms with Crippen LogP contribution in [0.4, 0.5) is 10.1 Å². The van der Waals surface area contributed by atoms with Gasteiger partial charge < -0.3 is 15.0 Å². The van der Waals surface area contributed by atoms with E-state index in [2.05, 4.69) is 5.32 Å². The van der Waals surface area contributed by atoms with Crippen molar-refractivity contribution in [2.45, 2.75) is 45.7 Å². The van der Waals surface area contributed by atoms with E-state index in [0.29, 0.717) is 18.0 Å². The second kappa shape index (κ2) is 15.7. The molecule has 0 unspecified atom stereocenters. The molecule has 11 heteroatoms. The number of sulfonamides is 1. The van der Waals surface area contributed by atoms with Crippen molar-refractivity contribution < 1.29 is 27.1 Å². The van der Waals surface area contributed by atoms with Crippen LogP contribution in [0.3, 0.4) is 0 Å². The van der Waals surface area contributed by atoms with Gasteiger partial charge in [-0.25, -0.2) is 12.8 Å². The maximum absolute atomic E-state index is 14.8. The van der Waals surface area contributed by atoms with Gasteiger partial charge in [-0.3, -0.25) is 13.9 Å². The monoisotopic (exact) mass is 631 g/mol. The molecular formula is C32H39ClFN3O5S. The number of hydrogen-bond donors (Lipinski definition) is 1. The lowest BCUT2D eigenvalue weighted by atomic mass is 10.0. The number of nitrogens with zero attached hydrogens (tertiary/aromatic N) is 2. The number of anilines is 1. The van der Waals surface area contributed by atoms with Gasteiger partial charge in [0.2, 0.25) is 21.8 Å². The highest BCUT2D eigenvalue weighted by atomic mass is 35.5. The summed E-state index contributed by atoms with van der Waals surface area (Å²) >= 11 is 6.24. The van der Waals surface area contributed by atoms with Gasteiger partial charge in [-0.05, 0) is 42.2 Å². The lowest BCUT2D eigenvalue weighted by Crippen LogP contribution is -2.51. The molecule has 1 atom stereocenters. The van der Waals surface area contributed by atoms with E-state index in [9.17, 15) is 22.4 Å². The predicted molar refractivity (Wildman–Crippen MR) is 168 cm³/mol. The number of rotatable bonds is 15. The first kappa shape index (κ1) is 33.9. The molecule has 3 aromatic rings. The Morgan fingerprint density at radius 2 is 1.70 bits per heavy atom. The van der Waals surface area contributed by atoms with Crippen molar-refractivity contribution in [3.63, 3.8) is 0 Å². The summed E-state index contributed by atoms with van der Waals surface area (Å²) < 4.78 is 46.5. The lowest BCUT2D eigenvalue weighted by molar-refractivity contribution is -0.141. The van der Waals surface area contributed by atoms with Crippen molar-refractivity contribution >= 4 is 39.1 Å². The second-order valence-electron chi connectivity index (χ2n) is 10.7. The summed E-state index contributed by atoms with van der Waals surface area (Å²) in [6, 6.07) is 19.2. The molecule has 0 aromatic heterocycles.